The number of nitrogens with one attached hydrogen (secondary N) is 1. The molecule has 0 saturated heterocycles. The van der Waals surface area contributed by atoms with Crippen LogP contribution in [0.2, 0.25) is 5.02 Å². The summed E-state index contributed by atoms with van der Waals surface area (Å²) in [5, 5.41) is 11.6. The average Bonchev–Trinajstić information content (AvgIpc) is 3.02. The van der Waals surface area contributed by atoms with Gasteiger partial charge in [0.05, 0.1) is 17.4 Å². The molecule has 0 saturated carbocycles. The van der Waals surface area contributed by atoms with Crippen molar-refractivity contribution in [3.05, 3.63) is 53.1 Å². The van der Waals surface area contributed by atoms with Gasteiger partial charge in [0.1, 0.15) is 5.75 Å². The van der Waals surface area contributed by atoms with E-state index in [0.29, 0.717) is 27.4 Å². The third-order valence-corrected chi connectivity index (χ3v) is 5.47. The van der Waals surface area contributed by atoms with E-state index < -0.39 is 5.25 Å². The maximum atomic E-state index is 12.5. The average molecular weight is 418 g/mol. The molecule has 2 aromatic carbocycles. The number of hydrogen-bond acceptors (Lipinski definition) is 6. The van der Waals surface area contributed by atoms with Crippen molar-refractivity contribution in [2.24, 2.45) is 0 Å². The number of halogens is 1. The molecule has 0 unspecified atom stereocenters. The van der Waals surface area contributed by atoms with Crippen molar-refractivity contribution in [3.63, 3.8) is 0 Å². The number of benzene rings is 2. The van der Waals surface area contributed by atoms with E-state index in [-0.39, 0.29) is 5.91 Å². The molecule has 0 aliphatic heterocycles. The first-order chi connectivity index (χ1) is 13.4. The van der Waals surface area contributed by atoms with Crippen LogP contribution in [-0.4, -0.2) is 33.1 Å². The van der Waals surface area contributed by atoms with Gasteiger partial charge in [-0.15, -0.1) is 10.2 Å². The van der Waals surface area contributed by atoms with Crippen molar-refractivity contribution in [2.75, 3.05) is 18.3 Å². The summed E-state index contributed by atoms with van der Waals surface area (Å²) in [5.41, 5.74) is 2.52. The van der Waals surface area contributed by atoms with Crippen LogP contribution < -0.4 is 15.9 Å². The second kappa shape index (κ2) is 8.53. The molecule has 146 valence electrons. The molecule has 9 heteroatoms. The maximum absolute atomic E-state index is 12.5. The first-order valence-corrected chi connectivity index (χ1v) is 9.74. The maximum Gasteiger partial charge on any atom is 0.237 e. The monoisotopic (exact) mass is 417 g/mol. The molecule has 3 N–H and O–H groups in total. The summed E-state index contributed by atoms with van der Waals surface area (Å²) in [6.07, 6.45) is 0. The number of methoxy groups -OCH3 is 1. The van der Waals surface area contributed by atoms with Gasteiger partial charge in [0, 0.05) is 11.3 Å². The van der Waals surface area contributed by atoms with Crippen molar-refractivity contribution < 1.29 is 9.53 Å². The summed E-state index contributed by atoms with van der Waals surface area (Å²) in [6, 6.07) is 12.8. The summed E-state index contributed by atoms with van der Waals surface area (Å²) >= 11 is 7.32. The number of rotatable bonds is 6. The van der Waals surface area contributed by atoms with E-state index in [9.17, 15) is 4.79 Å². The topological polar surface area (TPSA) is 95.1 Å². The standard InChI is InChI=1S/C19H20ClN5O2S/c1-11-6-4-5-7-14(11)17-23-24-19(25(17)21)28-12(2)18(26)22-13-8-9-16(27-3)15(20)10-13/h4-10,12H,21H2,1-3H3,(H,22,26)/t12-/m1/s1. The first kappa shape index (κ1) is 20.0. The van der Waals surface area contributed by atoms with Crippen LogP contribution >= 0.6 is 23.4 Å². The molecule has 0 aliphatic rings. The van der Waals surface area contributed by atoms with E-state index in [2.05, 4.69) is 15.5 Å². The van der Waals surface area contributed by atoms with Gasteiger partial charge in [0.2, 0.25) is 11.1 Å². The number of nitrogens with two attached hydrogens (primary N) is 1. The molecule has 3 rings (SSSR count). The quantitative estimate of drug-likeness (QED) is 0.468. The predicted octanol–water partition coefficient (Wildman–Crippen LogP) is 3.75. The molecule has 0 radical (unpaired) electrons. The molecule has 1 heterocycles. The van der Waals surface area contributed by atoms with Crippen molar-refractivity contribution >= 4 is 35.0 Å². The van der Waals surface area contributed by atoms with Gasteiger partial charge >= 0.3 is 0 Å². The number of carbonyl (C=O) groups is 1. The highest BCUT2D eigenvalue weighted by Crippen LogP contribution is 2.29. The lowest BCUT2D eigenvalue weighted by Crippen LogP contribution is -2.23. The Hall–Kier alpha value is -2.71. The van der Waals surface area contributed by atoms with Gasteiger partial charge in [-0.05, 0) is 37.6 Å². The van der Waals surface area contributed by atoms with Crippen LogP contribution in [-0.2, 0) is 4.79 Å². The van der Waals surface area contributed by atoms with Crippen molar-refractivity contribution in [1.29, 1.82) is 0 Å². The Kier molecular flexibility index (Phi) is 6.11. The van der Waals surface area contributed by atoms with Crippen molar-refractivity contribution in [2.45, 2.75) is 24.3 Å². The molecule has 0 bridgehead atoms. The Morgan fingerprint density at radius 3 is 2.71 bits per heavy atom. The fraction of sp³-hybridized carbons (Fsp3) is 0.211. The molecule has 1 aromatic heterocycles. The Morgan fingerprint density at radius 1 is 1.29 bits per heavy atom. The number of nitrogens with zero attached hydrogens (tertiary/aromatic N) is 3. The minimum absolute atomic E-state index is 0.202. The van der Waals surface area contributed by atoms with Gasteiger partial charge in [0.15, 0.2) is 5.82 Å². The third kappa shape index (κ3) is 4.23. The Labute approximate surface area is 172 Å². The number of amides is 1. The summed E-state index contributed by atoms with van der Waals surface area (Å²) in [6.45, 7) is 3.75. The SMILES string of the molecule is COc1ccc(NC(=O)[C@@H](C)Sc2nnc(-c3ccccc3C)n2N)cc1Cl. The van der Waals surface area contributed by atoms with Gasteiger partial charge in [-0.2, -0.15) is 0 Å². The van der Waals surface area contributed by atoms with Crippen LogP contribution in [0.25, 0.3) is 11.4 Å². The fourth-order valence-corrected chi connectivity index (χ4v) is 3.59. The van der Waals surface area contributed by atoms with E-state index in [1.165, 1.54) is 23.5 Å². The van der Waals surface area contributed by atoms with Gasteiger partial charge in [-0.25, -0.2) is 4.68 Å². The molecule has 28 heavy (non-hydrogen) atoms. The number of aryl methyl sites for hydroxylation is 1. The van der Waals surface area contributed by atoms with E-state index in [1.54, 1.807) is 25.1 Å². The summed E-state index contributed by atoms with van der Waals surface area (Å²) in [7, 11) is 1.53. The molecule has 3 aromatic rings. The van der Waals surface area contributed by atoms with Crippen LogP contribution in [0.4, 0.5) is 5.69 Å². The van der Waals surface area contributed by atoms with Crippen LogP contribution in [0.15, 0.2) is 47.6 Å². The highest BCUT2D eigenvalue weighted by atomic mass is 35.5. The van der Waals surface area contributed by atoms with Crippen LogP contribution in [0.3, 0.4) is 0 Å². The molecule has 1 atom stereocenters. The molecule has 7 nitrogen and oxygen atoms in total. The van der Waals surface area contributed by atoms with Crippen molar-refractivity contribution in [3.8, 4) is 17.1 Å². The van der Waals surface area contributed by atoms with E-state index in [0.717, 1.165) is 11.1 Å². The highest BCUT2D eigenvalue weighted by molar-refractivity contribution is 8.00. The van der Waals surface area contributed by atoms with Crippen LogP contribution in [0.1, 0.15) is 12.5 Å². The number of ether oxygens (including phenoxy) is 1. The molecule has 0 fully saturated rings. The Morgan fingerprint density at radius 2 is 2.04 bits per heavy atom. The van der Waals surface area contributed by atoms with Gasteiger partial charge < -0.3 is 15.9 Å². The summed E-state index contributed by atoms with van der Waals surface area (Å²) in [5.74, 6) is 7.06. The van der Waals surface area contributed by atoms with E-state index >= 15 is 0 Å². The molecule has 0 aliphatic carbocycles. The molecular weight excluding hydrogens is 398 g/mol. The largest absolute Gasteiger partial charge is 0.495 e. The van der Waals surface area contributed by atoms with Crippen molar-refractivity contribution in [1.82, 2.24) is 14.9 Å². The van der Waals surface area contributed by atoms with Gasteiger partial charge in [-0.3, -0.25) is 4.79 Å². The van der Waals surface area contributed by atoms with Crippen LogP contribution in [0, 0.1) is 6.92 Å². The molecular formula is C19H20ClN5O2S. The lowest BCUT2D eigenvalue weighted by molar-refractivity contribution is -0.115. The lowest BCUT2D eigenvalue weighted by Gasteiger charge is -2.12. The summed E-state index contributed by atoms with van der Waals surface area (Å²) < 4.78 is 6.51. The summed E-state index contributed by atoms with van der Waals surface area (Å²) in [4.78, 5) is 12.5. The smallest absolute Gasteiger partial charge is 0.237 e. The number of thioether (sulfide) groups is 1. The Balaban J connectivity index is 1.71. The van der Waals surface area contributed by atoms with Gasteiger partial charge in [0.25, 0.3) is 0 Å². The third-order valence-electron chi connectivity index (χ3n) is 4.12. The fourth-order valence-electron chi connectivity index (χ4n) is 2.56. The first-order valence-electron chi connectivity index (χ1n) is 8.48. The van der Waals surface area contributed by atoms with E-state index in [4.69, 9.17) is 22.2 Å². The number of nitrogen functional groups attached to an aromatic ring is 1. The zero-order valence-electron chi connectivity index (χ0n) is 15.6. The second-order valence-electron chi connectivity index (χ2n) is 6.09. The predicted molar refractivity (Wildman–Crippen MR) is 112 cm³/mol. The second-order valence-corrected chi connectivity index (χ2v) is 7.80. The zero-order valence-corrected chi connectivity index (χ0v) is 17.2. The van der Waals surface area contributed by atoms with Crippen LogP contribution in [0.5, 0.6) is 5.75 Å². The number of hydrogen-bond donors (Lipinski definition) is 2. The number of anilines is 1. The lowest BCUT2D eigenvalue weighted by atomic mass is 10.1. The molecule has 1 amide bonds. The van der Waals surface area contributed by atoms with Gasteiger partial charge in [-0.1, -0.05) is 47.6 Å². The number of carbonyl (C=O) groups excluding carboxylic acids is 1. The zero-order chi connectivity index (χ0) is 20.3. The minimum Gasteiger partial charge on any atom is -0.495 e. The Bertz CT molecular complexity index is 1010. The normalized spacial score (nSPS) is 11.9. The van der Waals surface area contributed by atoms with E-state index in [1.807, 2.05) is 31.2 Å². The number of aromatic nitrogens is 3. The molecule has 0 spiro atoms. The minimum atomic E-state index is -0.447. The highest BCUT2D eigenvalue weighted by Gasteiger charge is 2.21.